The minimum absolute atomic E-state index is 0.0804. The highest BCUT2D eigenvalue weighted by atomic mass is 35.5. The predicted octanol–water partition coefficient (Wildman–Crippen LogP) is 5.36. The lowest BCUT2D eigenvalue weighted by molar-refractivity contribution is -0.140. The number of halogens is 1. The molecule has 172 valence electrons. The second-order valence-electron chi connectivity index (χ2n) is 8.31. The van der Waals surface area contributed by atoms with Gasteiger partial charge in [0, 0.05) is 24.5 Å². The Labute approximate surface area is 201 Å². The van der Waals surface area contributed by atoms with E-state index in [9.17, 15) is 9.59 Å². The summed E-state index contributed by atoms with van der Waals surface area (Å²) in [6.45, 7) is 4.93. The van der Waals surface area contributed by atoms with Crippen LogP contribution < -0.4 is 5.32 Å². The first-order chi connectivity index (χ1) is 16.0. The molecule has 0 heterocycles. The van der Waals surface area contributed by atoms with Gasteiger partial charge in [-0.3, -0.25) is 9.59 Å². The molecule has 3 aromatic rings. The van der Waals surface area contributed by atoms with Crippen molar-refractivity contribution in [1.29, 1.82) is 0 Å². The van der Waals surface area contributed by atoms with E-state index in [0.717, 1.165) is 28.7 Å². The van der Waals surface area contributed by atoms with E-state index in [1.807, 2.05) is 92.7 Å². The van der Waals surface area contributed by atoms with Gasteiger partial charge < -0.3 is 10.2 Å². The largest absolute Gasteiger partial charge is 0.354 e. The number of hydrogen-bond donors (Lipinski definition) is 1. The van der Waals surface area contributed by atoms with Gasteiger partial charge in [-0.15, -0.1) is 0 Å². The summed E-state index contributed by atoms with van der Waals surface area (Å²) in [6, 6.07) is 24.6. The minimum atomic E-state index is -0.619. The van der Waals surface area contributed by atoms with Crippen LogP contribution in [0.15, 0.2) is 78.9 Å². The van der Waals surface area contributed by atoms with Crippen LogP contribution in [0.4, 0.5) is 0 Å². The van der Waals surface area contributed by atoms with Gasteiger partial charge in [0.2, 0.25) is 11.8 Å². The zero-order valence-corrected chi connectivity index (χ0v) is 20.0. The van der Waals surface area contributed by atoms with Gasteiger partial charge in [-0.1, -0.05) is 90.8 Å². The first-order valence-electron chi connectivity index (χ1n) is 11.4. The average molecular weight is 463 g/mol. The Morgan fingerprint density at radius 2 is 1.61 bits per heavy atom. The van der Waals surface area contributed by atoms with Gasteiger partial charge in [-0.2, -0.15) is 0 Å². The topological polar surface area (TPSA) is 49.4 Å². The number of rotatable bonds is 10. The minimum Gasteiger partial charge on any atom is -0.354 e. The summed E-state index contributed by atoms with van der Waals surface area (Å²) in [7, 11) is 0. The van der Waals surface area contributed by atoms with Crippen LogP contribution in [-0.2, 0) is 29.0 Å². The number of nitrogens with one attached hydrogen (secondary N) is 1. The highest BCUT2D eigenvalue weighted by Gasteiger charge is 2.30. The molecule has 0 aromatic heterocycles. The van der Waals surface area contributed by atoms with E-state index in [0.29, 0.717) is 24.5 Å². The van der Waals surface area contributed by atoms with Crippen molar-refractivity contribution in [3.05, 3.63) is 106 Å². The lowest BCUT2D eigenvalue weighted by Gasteiger charge is -2.31. The van der Waals surface area contributed by atoms with Gasteiger partial charge in [-0.25, -0.2) is 0 Å². The van der Waals surface area contributed by atoms with Crippen molar-refractivity contribution in [3.63, 3.8) is 0 Å². The van der Waals surface area contributed by atoms with Crippen molar-refractivity contribution in [2.75, 3.05) is 6.54 Å². The SMILES string of the molecule is CCCNC(=O)[C@@H](Cc1ccccc1)N(Cc1ccc(Cl)cc1)C(=O)Cc1cccc(C)c1. The Bertz CT molecular complexity index is 1050. The fraction of sp³-hybridized carbons (Fsp3) is 0.286. The molecular formula is C28H31ClN2O2. The third-order valence-corrected chi connectivity index (χ3v) is 5.78. The highest BCUT2D eigenvalue weighted by molar-refractivity contribution is 6.30. The van der Waals surface area contributed by atoms with E-state index in [4.69, 9.17) is 11.6 Å². The molecule has 0 bridgehead atoms. The lowest BCUT2D eigenvalue weighted by Crippen LogP contribution is -2.51. The number of hydrogen-bond acceptors (Lipinski definition) is 2. The van der Waals surface area contributed by atoms with Crippen LogP contribution in [0.25, 0.3) is 0 Å². The molecule has 0 aliphatic rings. The van der Waals surface area contributed by atoms with Crippen LogP contribution in [0.5, 0.6) is 0 Å². The zero-order chi connectivity index (χ0) is 23.6. The van der Waals surface area contributed by atoms with Crippen molar-refractivity contribution in [3.8, 4) is 0 Å². The third-order valence-electron chi connectivity index (χ3n) is 5.52. The number of nitrogens with zero attached hydrogens (tertiary/aromatic N) is 1. The van der Waals surface area contributed by atoms with E-state index < -0.39 is 6.04 Å². The summed E-state index contributed by atoms with van der Waals surface area (Å²) < 4.78 is 0. The molecule has 0 saturated carbocycles. The standard InChI is InChI=1S/C28H31ClN2O2/c1-3-16-30-28(33)26(18-22-9-5-4-6-10-22)31(20-23-12-14-25(29)15-13-23)27(32)19-24-11-7-8-21(2)17-24/h4-15,17,26H,3,16,18-20H2,1-2H3,(H,30,33)/t26-/m1/s1. The maximum absolute atomic E-state index is 13.6. The number of benzene rings is 3. The van der Waals surface area contributed by atoms with E-state index >= 15 is 0 Å². The Morgan fingerprint density at radius 3 is 2.27 bits per heavy atom. The van der Waals surface area contributed by atoms with Crippen molar-refractivity contribution in [2.24, 2.45) is 0 Å². The first kappa shape index (κ1) is 24.5. The van der Waals surface area contributed by atoms with Gasteiger partial charge >= 0.3 is 0 Å². The van der Waals surface area contributed by atoms with Crippen molar-refractivity contribution < 1.29 is 9.59 Å². The predicted molar refractivity (Wildman–Crippen MR) is 134 cm³/mol. The van der Waals surface area contributed by atoms with Crippen molar-refractivity contribution >= 4 is 23.4 Å². The fourth-order valence-corrected chi connectivity index (χ4v) is 3.93. The molecule has 0 aliphatic carbocycles. The molecule has 3 aromatic carbocycles. The summed E-state index contributed by atoms with van der Waals surface area (Å²) in [5.74, 6) is -0.213. The molecule has 0 fully saturated rings. The van der Waals surface area contributed by atoms with Crippen molar-refractivity contribution in [1.82, 2.24) is 10.2 Å². The monoisotopic (exact) mass is 462 g/mol. The molecule has 2 amide bonds. The molecule has 0 saturated heterocycles. The van der Waals surface area contributed by atoms with Gasteiger partial charge in [-0.05, 0) is 42.2 Å². The third kappa shape index (κ3) is 7.47. The van der Waals surface area contributed by atoms with Gasteiger partial charge in [0.05, 0.1) is 6.42 Å². The molecule has 0 unspecified atom stereocenters. The second-order valence-corrected chi connectivity index (χ2v) is 8.75. The lowest BCUT2D eigenvalue weighted by atomic mass is 10.0. The fourth-order valence-electron chi connectivity index (χ4n) is 3.80. The quantitative estimate of drug-likeness (QED) is 0.441. The maximum Gasteiger partial charge on any atom is 0.243 e. The smallest absolute Gasteiger partial charge is 0.243 e. The zero-order valence-electron chi connectivity index (χ0n) is 19.3. The highest BCUT2D eigenvalue weighted by Crippen LogP contribution is 2.18. The Morgan fingerprint density at radius 1 is 0.909 bits per heavy atom. The molecule has 1 atom stereocenters. The Hall–Kier alpha value is -3.11. The molecule has 0 aliphatic heterocycles. The van der Waals surface area contributed by atoms with Gasteiger partial charge in [0.25, 0.3) is 0 Å². The van der Waals surface area contributed by atoms with Gasteiger partial charge in [0.1, 0.15) is 6.04 Å². The molecule has 5 heteroatoms. The van der Waals surface area contributed by atoms with Gasteiger partial charge in [0.15, 0.2) is 0 Å². The summed E-state index contributed by atoms with van der Waals surface area (Å²) >= 11 is 6.07. The molecule has 4 nitrogen and oxygen atoms in total. The molecule has 33 heavy (non-hydrogen) atoms. The van der Waals surface area contributed by atoms with Crippen LogP contribution >= 0.6 is 11.6 Å². The van der Waals surface area contributed by atoms with Crippen LogP contribution in [0, 0.1) is 6.92 Å². The summed E-state index contributed by atoms with van der Waals surface area (Å²) in [4.78, 5) is 28.6. The van der Waals surface area contributed by atoms with Crippen LogP contribution in [0.3, 0.4) is 0 Å². The van der Waals surface area contributed by atoms with E-state index in [1.165, 1.54) is 0 Å². The molecule has 1 N–H and O–H groups in total. The molecule has 3 rings (SSSR count). The summed E-state index contributed by atoms with van der Waals surface area (Å²) in [5.41, 5.74) is 3.98. The maximum atomic E-state index is 13.6. The van der Waals surface area contributed by atoms with Crippen LogP contribution in [0.2, 0.25) is 5.02 Å². The molecule has 0 spiro atoms. The van der Waals surface area contributed by atoms with E-state index in [1.54, 1.807) is 4.90 Å². The molecule has 0 radical (unpaired) electrons. The average Bonchev–Trinajstić information content (AvgIpc) is 2.81. The Balaban J connectivity index is 1.94. The van der Waals surface area contributed by atoms with Crippen LogP contribution in [-0.4, -0.2) is 29.3 Å². The second kappa shape index (κ2) is 12.2. The van der Waals surface area contributed by atoms with E-state index in [-0.39, 0.29) is 18.2 Å². The number of amides is 2. The van der Waals surface area contributed by atoms with Crippen molar-refractivity contribution in [2.45, 2.75) is 45.7 Å². The normalized spacial score (nSPS) is 11.6. The first-order valence-corrected chi connectivity index (χ1v) is 11.7. The summed E-state index contributed by atoms with van der Waals surface area (Å²) in [5, 5.41) is 3.64. The van der Waals surface area contributed by atoms with Crippen LogP contribution in [0.1, 0.15) is 35.6 Å². The molecular weight excluding hydrogens is 432 g/mol. The summed E-state index contributed by atoms with van der Waals surface area (Å²) in [6.07, 6.45) is 1.52. The number of carbonyl (C=O) groups excluding carboxylic acids is 2. The Kier molecular flexibility index (Phi) is 9.08. The van der Waals surface area contributed by atoms with E-state index in [2.05, 4.69) is 5.32 Å². The number of carbonyl (C=O) groups is 2. The number of aryl methyl sites for hydroxylation is 1.